The summed E-state index contributed by atoms with van der Waals surface area (Å²) >= 11 is 6.17. The highest BCUT2D eigenvalue weighted by atomic mass is 35.5. The minimum Gasteiger partial charge on any atom is -0.338 e. The minimum atomic E-state index is 0.771. The topological polar surface area (TPSA) is 28.7 Å². The van der Waals surface area contributed by atoms with E-state index in [1.807, 2.05) is 25.1 Å². The van der Waals surface area contributed by atoms with Gasteiger partial charge in [0.15, 0.2) is 0 Å². The molecule has 0 atom stereocenters. The number of H-pyrrole nitrogens is 1. The average molecular weight is 271 g/mol. The van der Waals surface area contributed by atoms with E-state index in [4.69, 9.17) is 11.6 Å². The molecular weight excluding hydrogens is 256 g/mol. The quantitative estimate of drug-likeness (QED) is 0.715. The second kappa shape index (κ2) is 4.71. The van der Waals surface area contributed by atoms with Crippen LogP contribution in [-0.4, -0.2) is 9.97 Å². The number of rotatable bonds is 2. The molecule has 0 bridgehead atoms. The van der Waals surface area contributed by atoms with Gasteiger partial charge >= 0.3 is 0 Å². The van der Waals surface area contributed by atoms with Crippen LogP contribution in [0.15, 0.2) is 36.4 Å². The van der Waals surface area contributed by atoms with Crippen molar-refractivity contribution in [1.82, 2.24) is 9.97 Å². The van der Waals surface area contributed by atoms with Crippen LogP contribution in [-0.2, 0) is 6.42 Å². The number of hydrogen-bond acceptors (Lipinski definition) is 1. The molecule has 3 rings (SSSR count). The summed E-state index contributed by atoms with van der Waals surface area (Å²) in [6, 6.07) is 12.3. The van der Waals surface area contributed by atoms with Gasteiger partial charge in [0.05, 0.1) is 11.0 Å². The van der Waals surface area contributed by atoms with Crippen LogP contribution in [0.3, 0.4) is 0 Å². The molecule has 19 heavy (non-hydrogen) atoms. The monoisotopic (exact) mass is 270 g/mol. The zero-order chi connectivity index (χ0) is 13.4. The van der Waals surface area contributed by atoms with Gasteiger partial charge in [-0.05, 0) is 42.7 Å². The molecule has 0 fully saturated rings. The average Bonchev–Trinajstić information content (AvgIpc) is 2.84. The molecule has 1 aromatic heterocycles. The Hall–Kier alpha value is -1.80. The summed E-state index contributed by atoms with van der Waals surface area (Å²) in [5.74, 6) is 0.866. The third kappa shape index (κ3) is 2.24. The normalized spacial score (nSPS) is 11.1. The Balaban J connectivity index is 2.11. The first-order valence-electron chi connectivity index (χ1n) is 6.42. The molecular formula is C16H15ClN2. The predicted octanol–water partition coefficient (Wildman–Crippen LogP) is 4.75. The van der Waals surface area contributed by atoms with Crippen LogP contribution >= 0.6 is 11.6 Å². The van der Waals surface area contributed by atoms with Gasteiger partial charge in [-0.25, -0.2) is 4.98 Å². The third-order valence-corrected chi connectivity index (χ3v) is 3.81. The van der Waals surface area contributed by atoms with Crippen LogP contribution in [0.1, 0.15) is 18.1 Å². The molecule has 0 aliphatic rings. The summed E-state index contributed by atoms with van der Waals surface area (Å²) in [6.45, 7) is 4.15. The number of imidazole rings is 1. The van der Waals surface area contributed by atoms with Crippen molar-refractivity contribution in [2.45, 2.75) is 20.3 Å². The van der Waals surface area contributed by atoms with Crippen LogP contribution in [0.5, 0.6) is 0 Å². The van der Waals surface area contributed by atoms with E-state index >= 15 is 0 Å². The Bertz CT molecular complexity index is 744. The molecule has 0 radical (unpaired) electrons. The molecule has 3 aromatic rings. The number of hydrogen-bond donors (Lipinski definition) is 1. The highest BCUT2D eigenvalue weighted by Gasteiger charge is 2.07. The van der Waals surface area contributed by atoms with Gasteiger partial charge in [-0.3, -0.25) is 0 Å². The molecule has 1 N–H and O–H groups in total. The fourth-order valence-electron chi connectivity index (χ4n) is 2.15. The minimum absolute atomic E-state index is 0.771. The van der Waals surface area contributed by atoms with Crippen LogP contribution in [0, 0.1) is 6.92 Å². The van der Waals surface area contributed by atoms with E-state index in [-0.39, 0.29) is 0 Å². The molecule has 0 unspecified atom stereocenters. The summed E-state index contributed by atoms with van der Waals surface area (Å²) in [6.07, 6.45) is 1.03. The maximum Gasteiger partial charge on any atom is 0.138 e. The number of fused-ring (bicyclic) bond motifs is 1. The zero-order valence-corrected chi connectivity index (χ0v) is 11.8. The number of aromatic nitrogens is 2. The zero-order valence-electron chi connectivity index (χ0n) is 11.0. The van der Waals surface area contributed by atoms with Gasteiger partial charge in [0.25, 0.3) is 0 Å². The molecule has 0 aliphatic carbocycles. The molecule has 2 aromatic carbocycles. The first-order chi connectivity index (χ1) is 9.17. The van der Waals surface area contributed by atoms with Crippen molar-refractivity contribution in [3.05, 3.63) is 52.5 Å². The lowest BCUT2D eigenvalue weighted by Crippen LogP contribution is -1.82. The molecule has 0 amide bonds. The lowest BCUT2D eigenvalue weighted by atomic mass is 10.1. The molecule has 0 spiro atoms. The van der Waals surface area contributed by atoms with E-state index in [9.17, 15) is 0 Å². The van der Waals surface area contributed by atoms with E-state index in [1.165, 1.54) is 5.56 Å². The van der Waals surface area contributed by atoms with Crippen LogP contribution in [0.2, 0.25) is 5.02 Å². The summed E-state index contributed by atoms with van der Waals surface area (Å²) in [5.41, 5.74) is 5.47. The Kier molecular flexibility index (Phi) is 3.03. The van der Waals surface area contributed by atoms with E-state index < -0.39 is 0 Å². The molecule has 3 heteroatoms. The number of halogens is 1. The van der Waals surface area contributed by atoms with Crippen molar-refractivity contribution in [3.63, 3.8) is 0 Å². The van der Waals surface area contributed by atoms with Crippen molar-refractivity contribution >= 4 is 22.6 Å². The highest BCUT2D eigenvalue weighted by molar-refractivity contribution is 6.31. The molecule has 0 saturated carbocycles. The van der Waals surface area contributed by atoms with Crippen LogP contribution in [0.25, 0.3) is 22.4 Å². The van der Waals surface area contributed by atoms with Crippen molar-refractivity contribution in [2.75, 3.05) is 0 Å². The van der Waals surface area contributed by atoms with Crippen molar-refractivity contribution in [2.24, 2.45) is 0 Å². The van der Waals surface area contributed by atoms with E-state index in [0.717, 1.165) is 39.4 Å². The number of nitrogens with one attached hydrogen (secondary N) is 1. The third-order valence-electron chi connectivity index (χ3n) is 3.40. The van der Waals surface area contributed by atoms with Gasteiger partial charge in [0.1, 0.15) is 5.82 Å². The molecule has 96 valence electrons. The van der Waals surface area contributed by atoms with E-state index in [0.29, 0.717) is 0 Å². The summed E-state index contributed by atoms with van der Waals surface area (Å²) in [5, 5.41) is 0.771. The first-order valence-corrected chi connectivity index (χ1v) is 6.80. The van der Waals surface area contributed by atoms with Crippen molar-refractivity contribution in [1.29, 1.82) is 0 Å². The SMILES string of the molecule is CCc1ccc2nc(-c3ccc(C)c(Cl)c3)[nH]c2c1. The molecule has 0 saturated heterocycles. The maximum absolute atomic E-state index is 6.17. The molecule has 2 nitrogen and oxygen atoms in total. The largest absolute Gasteiger partial charge is 0.338 e. The second-order valence-electron chi connectivity index (χ2n) is 4.75. The van der Waals surface area contributed by atoms with E-state index in [2.05, 4.69) is 35.1 Å². The van der Waals surface area contributed by atoms with Gasteiger partial charge < -0.3 is 4.98 Å². The van der Waals surface area contributed by atoms with Gasteiger partial charge in [0, 0.05) is 10.6 Å². The van der Waals surface area contributed by atoms with Crippen LogP contribution < -0.4 is 0 Å². The van der Waals surface area contributed by atoms with Gasteiger partial charge in [-0.1, -0.05) is 36.7 Å². The number of nitrogens with zero attached hydrogens (tertiary/aromatic N) is 1. The Morgan fingerprint density at radius 3 is 2.74 bits per heavy atom. The molecule has 0 aliphatic heterocycles. The fourth-order valence-corrected chi connectivity index (χ4v) is 2.33. The van der Waals surface area contributed by atoms with Crippen molar-refractivity contribution in [3.8, 4) is 11.4 Å². The predicted molar refractivity (Wildman–Crippen MR) is 80.7 cm³/mol. The second-order valence-corrected chi connectivity index (χ2v) is 5.16. The lowest BCUT2D eigenvalue weighted by Gasteiger charge is -2.00. The van der Waals surface area contributed by atoms with Gasteiger partial charge in [-0.2, -0.15) is 0 Å². The number of aryl methyl sites for hydroxylation is 2. The number of benzene rings is 2. The fraction of sp³-hybridized carbons (Fsp3) is 0.188. The summed E-state index contributed by atoms with van der Waals surface area (Å²) in [7, 11) is 0. The van der Waals surface area contributed by atoms with Gasteiger partial charge in [0.2, 0.25) is 0 Å². The standard InChI is InChI=1S/C16H15ClN2/c1-3-11-5-7-14-15(8-11)19-16(18-14)12-6-4-10(2)13(17)9-12/h4-9H,3H2,1-2H3,(H,18,19). The number of aromatic amines is 1. The van der Waals surface area contributed by atoms with Crippen LogP contribution in [0.4, 0.5) is 0 Å². The Morgan fingerprint density at radius 1 is 1.16 bits per heavy atom. The van der Waals surface area contributed by atoms with Crippen molar-refractivity contribution < 1.29 is 0 Å². The first kappa shape index (κ1) is 12.2. The summed E-state index contributed by atoms with van der Waals surface area (Å²) in [4.78, 5) is 7.98. The Morgan fingerprint density at radius 2 is 2.00 bits per heavy atom. The van der Waals surface area contributed by atoms with Gasteiger partial charge in [-0.15, -0.1) is 0 Å². The smallest absolute Gasteiger partial charge is 0.138 e. The van der Waals surface area contributed by atoms with E-state index in [1.54, 1.807) is 0 Å². The Labute approximate surface area is 117 Å². The lowest BCUT2D eigenvalue weighted by molar-refractivity contribution is 1.14. The highest BCUT2D eigenvalue weighted by Crippen LogP contribution is 2.25. The molecule has 1 heterocycles. The maximum atomic E-state index is 6.17. The summed E-state index contributed by atoms with van der Waals surface area (Å²) < 4.78 is 0.